The highest BCUT2D eigenvalue weighted by Crippen LogP contribution is 2.05. The summed E-state index contributed by atoms with van der Waals surface area (Å²) in [6.45, 7) is 0. The van der Waals surface area contributed by atoms with Crippen LogP contribution in [0.25, 0.3) is 5.69 Å². The molecule has 0 unspecified atom stereocenters. The molecule has 66 valence electrons. The average Bonchev–Trinajstić information content (AvgIpc) is 2.71. The number of rotatable bonds is 2. The minimum atomic E-state index is 0.423. The van der Waals surface area contributed by atoms with Gasteiger partial charge in [-0.25, -0.2) is 0 Å². The lowest BCUT2D eigenvalue weighted by Crippen LogP contribution is -1.99. The van der Waals surface area contributed by atoms with Gasteiger partial charge in [-0.3, -0.25) is 4.98 Å². The van der Waals surface area contributed by atoms with Crippen molar-refractivity contribution in [3.8, 4) is 5.69 Å². The van der Waals surface area contributed by atoms with Gasteiger partial charge in [0.2, 0.25) is 0 Å². The Labute approximate surface area is 80.2 Å². The summed E-state index contributed by atoms with van der Waals surface area (Å²) in [5, 5.41) is 7.95. The van der Waals surface area contributed by atoms with Crippen LogP contribution in [0.5, 0.6) is 0 Å². The highest BCUT2D eigenvalue weighted by Gasteiger charge is 1.97. The van der Waals surface area contributed by atoms with Crippen molar-refractivity contribution in [1.82, 2.24) is 20.0 Å². The minimum absolute atomic E-state index is 0.423. The third-order valence-electron chi connectivity index (χ3n) is 1.60. The van der Waals surface area contributed by atoms with E-state index in [1.165, 1.54) is 4.80 Å². The number of aromatic nitrogens is 4. The summed E-state index contributed by atoms with van der Waals surface area (Å²) >= 11 is 5.60. The molecule has 0 aliphatic rings. The lowest BCUT2D eigenvalue weighted by molar-refractivity contribution is 0.747. The molecule has 0 radical (unpaired) electrons. The van der Waals surface area contributed by atoms with Gasteiger partial charge in [-0.05, 0) is 12.1 Å². The van der Waals surface area contributed by atoms with E-state index in [9.17, 15) is 0 Å². The first-order valence-corrected chi connectivity index (χ1v) is 4.31. The molecule has 0 fully saturated rings. The van der Waals surface area contributed by atoms with Crippen molar-refractivity contribution in [1.29, 1.82) is 0 Å². The Morgan fingerprint density at radius 2 is 2.00 bits per heavy atom. The van der Waals surface area contributed by atoms with Gasteiger partial charge in [0.25, 0.3) is 0 Å². The van der Waals surface area contributed by atoms with Crippen LogP contribution in [0.2, 0.25) is 0 Å². The van der Waals surface area contributed by atoms with Crippen molar-refractivity contribution in [2.75, 3.05) is 0 Å². The fraction of sp³-hybridized carbons (Fsp3) is 0.125. The van der Waals surface area contributed by atoms with E-state index in [2.05, 4.69) is 15.2 Å². The topological polar surface area (TPSA) is 43.6 Å². The van der Waals surface area contributed by atoms with Gasteiger partial charge in [-0.2, -0.15) is 15.0 Å². The van der Waals surface area contributed by atoms with Crippen LogP contribution in [0.1, 0.15) is 5.69 Å². The first-order valence-electron chi connectivity index (χ1n) is 3.78. The standard InChI is InChI=1S/C8H7ClN4/c9-5-7-1-2-8(6-10-7)13-11-3-4-12-13/h1-4,6H,5H2. The number of halogens is 1. The number of hydrogen-bond donors (Lipinski definition) is 0. The molecule has 0 atom stereocenters. The van der Waals surface area contributed by atoms with E-state index in [0.29, 0.717) is 5.88 Å². The van der Waals surface area contributed by atoms with E-state index < -0.39 is 0 Å². The van der Waals surface area contributed by atoms with E-state index in [1.807, 2.05) is 12.1 Å². The molecule has 0 amide bonds. The smallest absolute Gasteiger partial charge is 0.104 e. The van der Waals surface area contributed by atoms with Crippen molar-refractivity contribution in [2.24, 2.45) is 0 Å². The Balaban J connectivity index is 2.33. The van der Waals surface area contributed by atoms with Crippen LogP contribution in [0, 0.1) is 0 Å². The van der Waals surface area contributed by atoms with Crippen molar-refractivity contribution >= 4 is 11.6 Å². The molecule has 13 heavy (non-hydrogen) atoms. The van der Waals surface area contributed by atoms with Crippen molar-refractivity contribution in [2.45, 2.75) is 5.88 Å². The summed E-state index contributed by atoms with van der Waals surface area (Å²) in [6.07, 6.45) is 4.93. The monoisotopic (exact) mass is 194 g/mol. The second-order valence-electron chi connectivity index (χ2n) is 2.46. The summed E-state index contributed by atoms with van der Waals surface area (Å²) in [5.74, 6) is 0.423. The number of hydrogen-bond acceptors (Lipinski definition) is 3. The molecule has 0 N–H and O–H groups in total. The van der Waals surface area contributed by atoms with Crippen molar-refractivity contribution < 1.29 is 0 Å². The fourth-order valence-electron chi connectivity index (χ4n) is 0.963. The molecule has 0 aliphatic heterocycles. The second kappa shape index (κ2) is 3.53. The zero-order valence-electron chi connectivity index (χ0n) is 6.76. The van der Waals surface area contributed by atoms with Crippen molar-refractivity contribution in [3.63, 3.8) is 0 Å². The van der Waals surface area contributed by atoms with Gasteiger partial charge in [0.15, 0.2) is 0 Å². The zero-order valence-corrected chi connectivity index (χ0v) is 7.52. The molecular formula is C8H7ClN4. The molecule has 2 rings (SSSR count). The van der Waals surface area contributed by atoms with Crippen LogP contribution in [-0.4, -0.2) is 20.0 Å². The van der Waals surface area contributed by atoms with Crippen LogP contribution >= 0.6 is 11.6 Å². The molecule has 0 aliphatic carbocycles. The zero-order chi connectivity index (χ0) is 9.10. The number of pyridine rings is 1. The minimum Gasteiger partial charge on any atom is -0.258 e. The first-order chi connectivity index (χ1) is 6.40. The molecule has 0 aromatic carbocycles. The Hall–Kier alpha value is -1.42. The van der Waals surface area contributed by atoms with Crippen LogP contribution in [0.3, 0.4) is 0 Å². The summed E-state index contributed by atoms with van der Waals surface area (Å²) in [6, 6.07) is 3.73. The molecule has 2 heterocycles. The largest absolute Gasteiger partial charge is 0.258 e. The predicted molar refractivity (Wildman–Crippen MR) is 48.7 cm³/mol. The summed E-state index contributed by atoms with van der Waals surface area (Å²) < 4.78 is 0. The van der Waals surface area contributed by atoms with Gasteiger partial charge < -0.3 is 0 Å². The Bertz CT molecular complexity index is 368. The van der Waals surface area contributed by atoms with Crippen molar-refractivity contribution in [3.05, 3.63) is 36.4 Å². The molecule has 0 saturated carbocycles. The molecular weight excluding hydrogens is 188 g/mol. The van der Waals surface area contributed by atoms with Gasteiger partial charge in [-0.1, -0.05) is 0 Å². The molecule has 0 spiro atoms. The molecule has 4 nitrogen and oxygen atoms in total. The number of nitrogens with zero attached hydrogens (tertiary/aromatic N) is 4. The first kappa shape index (κ1) is 8.19. The van der Waals surface area contributed by atoms with Gasteiger partial charge in [-0.15, -0.1) is 11.6 Å². The SMILES string of the molecule is ClCc1ccc(-n2nccn2)cn1. The van der Waals surface area contributed by atoms with Gasteiger partial charge in [0.1, 0.15) is 5.69 Å². The maximum Gasteiger partial charge on any atom is 0.104 e. The van der Waals surface area contributed by atoms with E-state index in [1.54, 1.807) is 18.6 Å². The quantitative estimate of drug-likeness (QED) is 0.679. The Morgan fingerprint density at radius 3 is 2.54 bits per heavy atom. The maximum absolute atomic E-state index is 5.60. The summed E-state index contributed by atoms with van der Waals surface area (Å²) in [5.41, 5.74) is 1.68. The third kappa shape index (κ3) is 1.67. The lowest BCUT2D eigenvalue weighted by atomic mass is 10.3. The van der Waals surface area contributed by atoms with Gasteiger partial charge in [0, 0.05) is 0 Å². The third-order valence-corrected chi connectivity index (χ3v) is 1.87. The molecule has 0 bridgehead atoms. The molecule has 2 aromatic heterocycles. The number of alkyl halides is 1. The highest BCUT2D eigenvalue weighted by molar-refractivity contribution is 6.16. The normalized spacial score (nSPS) is 10.2. The predicted octanol–water partition coefficient (Wildman–Crippen LogP) is 1.40. The molecule has 5 heteroatoms. The van der Waals surface area contributed by atoms with Gasteiger partial charge >= 0.3 is 0 Å². The van der Waals surface area contributed by atoms with Crippen LogP contribution in [-0.2, 0) is 5.88 Å². The summed E-state index contributed by atoms with van der Waals surface area (Å²) in [4.78, 5) is 5.63. The van der Waals surface area contributed by atoms with E-state index >= 15 is 0 Å². The van der Waals surface area contributed by atoms with Gasteiger partial charge in [0.05, 0.1) is 30.2 Å². The van der Waals surface area contributed by atoms with E-state index in [-0.39, 0.29) is 0 Å². The van der Waals surface area contributed by atoms with E-state index in [0.717, 1.165) is 11.4 Å². The van der Waals surface area contributed by atoms with Crippen LogP contribution in [0.4, 0.5) is 0 Å². The highest BCUT2D eigenvalue weighted by atomic mass is 35.5. The second-order valence-corrected chi connectivity index (χ2v) is 2.73. The van der Waals surface area contributed by atoms with Crippen LogP contribution < -0.4 is 0 Å². The molecule has 0 saturated heterocycles. The summed E-state index contributed by atoms with van der Waals surface area (Å²) in [7, 11) is 0. The molecule has 2 aromatic rings. The maximum atomic E-state index is 5.60. The van der Waals surface area contributed by atoms with Crippen LogP contribution in [0.15, 0.2) is 30.7 Å². The Morgan fingerprint density at radius 1 is 1.23 bits per heavy atom. The van der Waals surface area contributed by atoms with E-state index in [4.69, 9.17) is 11.6 Å². The fourth-order valence-corrected chi connectivity index (χ4v) is 1.12. The average molecular weight is 195 g/mol. The lowest BCUT2D eigenvalue weighted by Gasteiger charge is -1.98. The Kier molecular flexibility index (Phi) is 2.23.